The molecule has 0 radical (unpaired) electrons. The minimum Gasteiger partial charge on any atom is -0.401 e. The highest BCUT2D eigenvalue weighted by atomic mass is 32.2. The molecule has 0 amide bonds. The molecule has 0 saturated heterocycles. The van der Waals surface area contributed by atoms with Gasteiger partial charge in [0.2, 0.25) is 0 Å². The largest absolute Gasteiger partial charge is 0.401 e. The predicted molar refractivity (Wildman–Crippen MR) is 99.2 cm³/mol. The van der Waals surface area contributed by atoms with Crippen molar-refractivity contribution >= 4 is 28.4 Å². The summed E-state index contributed by atoms with van der Waals surface area (Å²) in [5, 5.41) is 10.1. The molecule has 2 N–H and O–H groups in total. The summed E-state index contributed by atoms with van der Waals surface area (Å²) in [6.07, 6.45) is 0.757. The molecule has 0 aliphatic rings. The van der Waals surface area contributed by atoms with Gasteiger partial charge in [-0.1, -0.05) is 30.8 Å². The highest BCUT2D eigenvalue weighted by Crippen LogP contribution is 2.23. The Morgan fingerprint density at radius 1 is 1.44 bits per heavy atom. The number of fused-ring (bicyclic) bond motifs is 1. The number of allylic oxidation sites excluding steroid dienone is 2. The quantitative estimate of drug-likeness (QED) is 0.369. The van der Waals surface area contributed by atoms with Crippen molar-refractivity contribution in [1.82, 2.24) is 9.55 Å². The van der Waals surface area contributed by atoms with E-state index in [1.54, 1.807) is 22.8 Å². The van der Waals surface area contributed by atoms with Crippen molar-refractivity contribution in [2.24, 2.45) is 5.73 Å². The number of nitriles is 1. The molecule has 0 aliphatic carbocycles. The average molecular weight is 356 g/mol. The molecule has 1 unspecified atom stereocenters. The van der Waals surface area contributed by atoms with Gasteiger partial charge in [-0.25, -0.2) is 4.98 Å². The summed E-state index contributed by atoms with van der Waals surface area (Å²) in [5.41, 5.74) is 6.18. The highest BCUT2D eigenvalue weighted by Gasteiger charge is 2.18. The topological polar surface area (TPSA) is 102 Å². The smallest absolute Gasteiger partial charge is 0.262 e. The lowest BCUT2D eigenvalue weighted by Crippen LogP contribution is -2.26. The van der Waals surface area contributed by atoms with E-state index in [1.807, 2.05) is 26.0 Å². The second-order valence-corrected chi connectivity index (χ2v) is 6.67. The number of ketones is 1. The molecule has 2 aromatic rings. The van der Waals surface area contributed by atoms with E-state index in [0.29, 0.717) is 16.1 Å². The van der Waals surface area contributed by atoms with Gasteiger partial charge in [0.1, 0.15) is 11.6 Å². The zero-order chi connectivity index (χ0) is 18.6. The minimum atomic E-state index is -0.370. The Labute approximate surface area is 150 Å². The SMILES string of the molecule is CCC(C)n1c(SCC(=O)/C(C#N)=C(\C)N)nc2ccccc2c1=O. The van der Waals surface area contributed by atoms with E-state index in [4.69, 9.17) is 11.0 Å². The summed E-state index contributed by atoms with van der Waals surface area (Å²) >= 11 is 1.15. The van der Waals surface area contributed by atoms with Gasteiger partial charge in [-0.05, 0) is 32.4 Å². The van der Waals surface area contributed by atoms with E-state index in [2.05, 4.69) is 4.98 Å². The summed E-state index contributed by atoms with van der Waals surface area (Å²) in [5.74, 6) is -0.371. The van der Waals surface area contributed by atoms with Crippen LogP contribution in [-0.2, 0) is 4.79 Å². The van der Waals surface area contributed by atoms with Gasteiger partial charge in [0, 0.05) is 11.7 Å². The standard InChI is InChI=1S/C18H20N4O2S/c1-4-11(2)22-17(24)13-7-5-6-8-15(13)21-18(22)25-10-16(23)14(9-19)12(3)20/h5-8,11H,4,10,20H2,1-3H3/b14-12+. The van der Waals surface area contributed by atoms with Crippen molar-refractivity contribution in [3.05, 3.63) is 45.9 Å². The molecule has 1 aromatic heterocycles. The Morgan fingerprint density at radius 3 is 2.72 bits per heavy atom. The first kappa shape index (κ1) is 18.7. The molecule has 0 fully saturated rings. The Balaban J connectivity index is 2.47. The second kappa shape index (κ2) is 7.99. The van der Waals surface area contributed by atoms with E-state index in [0.717, 1.165) is 18.2 Å². The van der Waals surface area contributed by atoms with Crippen molar-refractivity contribution in [2.75, 3.05) is 5.75 Å². The van der Waals surface area contributed by atoms with Gasteiger partial charge in [-0.3, -0.25) is 14.2 Å². The van der Waals surface area contributed by atoms with Crippen LogP contribution in [0.25, 0.3) is 10.9 Å². The molecular formula is C18H20N4O2S. The van der Waals surface area contributed by atoms with Gasteiger partial charge in [-0.15, -0.1) is 0 Å². The lowest BCUT2D eigenvalue weighted by molar-refractivity contribution is -0.112. The van der Waals surface area contributed by atoms with Gasteiger partial charge < -0.3 is 5.73 Å². The van der Waals surface area contributed by atoms with Crippen molar-refractivity contribution in [2.45, 2.75) is 38.4 Å². The molecule has 6 nitrogen and oxygen atoms in total. The number of carbonyl (C=O) groups is 1. The van der Waals surface area contributed by atoms with Crippen molar-refractivity contribution < 1.29 is 4.79 Å². The van der Waals surface area contributed by atoms with Crippen LogP contribution >= 0.6 is 11.8 Å². The molecular weight excluding hydrogens is 336 g/mol. The number of nitrogens with two attached hydrogens (primary N) is 1. The maximum atomic E-state index is 12.8. The normalized spacial score (nSPS) is 13.2. The molecule has 0 aliphatic heterocycles. The first-order valence-corrected chi connectivity index (χ1v) is 8.93. The molecule has 7 heteroatoms. The number of para-hydroxylation sites is 1. The van der Waals surface area contributed by atoms with Gasteiger partial charge in [0.15, 0.2) is 10.9 Å². The first-order valence-electron chi connectivity index (χ1n) is 7.94. The van der Waals surface area contributed by atoms with Crippen LogP contribution < -0.4 is 11.3 Å². The van der Waals surface area contributed by atoms with E-state index >= 15 is 0 Å². The Bertz CT molecular complexity index is 936. The fourth-order valence-corrected chi connectivity index (χ4v) is 3.34. The number of benzene rings is 1. The van der Waals surface area contributed by atoms with Crippen LogP contribution in [0.2, 0.25) is 0 Å². The Morgan fingerprint density at radius 2 is 2.12 bits per heavy atom. The fraction of sp³-hybridized carbons (Fsp3) is 0.333. The fourth-order valence-electron chi connectivity index (χ4n) is 2.37. The summed E-state index contributed by atoms with van der Waals surface area (Å²) in [7, 11) is 0. The summed E-state index contributed by atoms with van der Waals surface area (Å²) in [6, 6.07) is 8.92. The number of Topliss-reactive ketones (excluding diaryl/α,β-unsaturated/α-hetero) is 1. The van der Waals surface area contributed by atoms with Gasteiger partial charge >= 0.3 is 0 Å². The summed E-state index contributed by atoms with van der Waals surface area (Å²) < 4.78 is 1.62. The molecule has 0 bridgehead atoms. The Kier molecular flexibility index (Phi) is 5.99. The Hall–Kier alpha value is -2.59. The van der Waals surface area contributed by atoms with Crippen LogP contribution in [0, 0.1) is 11.3 Å². The van der Waals surface area contributed by atoms with E-state index < -0.39 is 0 Å². The molecule has 0 saturated carbocycles. The molecule has 2 rings (SSSR count). The number of thioether (sulfide) groups is 1. The first-order chi connectivity index (χ1) is 11.9. The number of rotatable bonds is 6. The number of hydrogen-bond donors (Lipinski definition) is 1. The maximum absolute atomic E-state index is 12.8. The van der Waals surface area contributed by atoms with Crippen LogP contribution in [0.1, 0.15) is 33.2 Å². The van der Waals surface area contributed by atoms with Crippen molar-refractivity contribution in [1.29, 1.82) is 5.26 Å². The molecule has 130 valence electrons. The van der Waals surface area contributed by atoms with E-state index in [1.165, 1.54) is 6.92 Å². The third-order valence-corrected chi connectivity index (χ3v) is 4.88. The van der Waals surface area contributed by atoms with Gasteiger partial charge in [-0.2, -0.15) is 5.26 Å². The van der Waals surface area contributed by atoms with Crippen LogP contribution in [0.4, 0.5) is 0 Å². The average Bonchev–Trinajstić information content (AvgIpc) is 2.59. The molecule has 25 heavy (non-hydrogen) atoms. The lowest BCUT2D eigenvalue weighted by atomic mass is 10.2. The molecule has 0 spiro atoms. The minimum absolute atomic E-state index is 0.00134. The van der Waals surface area contributed by atoms with E-state index in [-0.39, 0.29) is 34.4 Å². The summed E-state index contributed by atoms with van der Waals surface area (Å²) in [6.45, 7) is 5.44. The third-order valence-electron chi connectivity index (χ3n) is 3.92. The van der Waals surface area contributed by atoms with Gasteiger partial charge in [0.05, 0.1) is 16.7 Å². The number of hydrogen-bond acceptors (Lipinski definition) is 6. The zero-order valence-electron chi connectivity index (χ0n) is 14.4. The molecule has 1 heterocycles. The van der Waals surface area contributed by atoms with Gasteiger partial charge in [0.25, 0.3) is 5.56 Å². The zero-order valence-corrected chi connectivity index (χ0v) is 15.3. The predicted octanol–water partition coefficient (Wildman–Crippen LogP) is 2.78. The third kappa shape index (κ3) is 3.91. The van der Waals surface area contributed by atoms with Crippen LogP contribution in [0.5, 0.6) is 0 Å². The van der Waals surface area contributed by atoms with Crippen LogP contribution in [-0.4, -0.2) is 21.1 Å². The molecule has 1 aromatic carbocycles. The van der Waals surface area contributed by atoms with Crippen molar-refractivity contribution in [3.63, 3.8) is 0 Å². The van der Waals surface area contributed by atoms with Crippen LogP contribution in [0.15, 0.2) is 45.5 Å². The monoisotopic (exact) mass is 356 g/mol. The number of carbonyl (C=O) groups excluding carboxylic acids is 1. The van der Waals surface area contributed by atoms with E-state index in [9.17, 15) is 9.59 Å². The number of nitrogens with zero attached hydrogens (tertiary/aromatic N) is 3. The second-order valence-electron chi connectivity index (χ2n) is 5.73. The molecule has 1 atom stereocenters. The summed E-state index contributed by atoms with van der Waals surface area (Å²) in [4.78, 5) is 29.6. The highest BCUT2D eigenvalue weighted by molar-refractivity contribution is 7.99. The maximum Gasteiger partial charge on any atom is 0.262 e. The number of aromatic nitrogens is 2. The van der Waals surface area contributed by atoms with Crippen LogP contribution in [0.3, 0.4) is 0 Å². The lowest BCUT2D eigenvalue weighted by Gasteiger charge is -2.18. The van der Waals surface area contributed by atoms with Crippen molar-refractivity contribution in [3.8, 4) is 6.07 Å².